The van der Waals surface area contributed by atoms with E-state index in [1.54, 1.807) is 19.1 Å². The molecule has 0 unspecified atom stereocenters. The first kappa shape index (κ1) is 14.3. The van der Waals surface area contributed by atoms with Gasteiger partial charge in [0.2, 0.25) is 10.0 Å². The number of nitrogens with two attached hydrogens (primary N) is 1. The van der Waals surface area contributed by atoms with Gasteiger partial charge in [0.1, 0.15) is 0 Å². The second-order valence-electron chi connectivity index (χ2n) is 5.97. The molecule has 0 bridgehead atoms. The lowest BCUT2D eigenvalue weighted by Gasteiger charge is -2.38. The molecule has 1 fully saturated rings. The molecule has 4 nitrogen and oxygen atoms in total. The maximum Gasteiger partial charge on any atom is 0.240 e. The van der Waals surface area contributed by atoms with E-state index in [0.717, 1.165) is 18.4 Å². The molecular weight excluding hydrogens is 260 g/mol. The van der Waals surface area contributed by atoms with E-state index in [9.17, 15) is 8.42 Å². The average molecular weight is 282 g/mol. The Bertz CT molecular complexity index is 590. The Labute approximate surface area is 115 Å². The van der Waals surface area contributed by atoms with Crippen molar-refractivity contribution in [2.75, 3.05) is 12.3 Å². The van der Waals surface area contributed by atoms with Crippen molar-refractivity contribution in [2.24, 2.45) is 5.41 Å². The Hall–Kier alpha value is -1.07. The number of benzene rings is 1. The normalized spacial score (nSPS) is 18.1. The first-order valence-electron chi connectivity index (χ1n) is 6.60. The number of hydrogen-bond donors (Lipinski definition) is 2. The Morgan fingerprint density at radius 1 is 1.32 bits per heavy atom. The first-order chi connectivity index (χ1) is 8.73. The number of sulfonamides is 1. The van der Waals surface area contributed by atoms with Crippen LogP contribution in [0.15, 0.2) is 17.0 Å². The highest BCUT2D eigenvalue weighted by Gasteiger charge is 2.33. The van der Waals surface area contributed by atoms with Crippen LogP contribution in [-0.2, 0) is 10.0 Å². The van der Waals surface area contributed by atoms with E-state index in [2.05, 4.69) is 11.6 Å². The molecule has 106 valence electrons. The first-order valence-corrected chi connectivity index (χ1v) is 8.08. The SMILES string of the molecule is Cc1cc(N)c(C)c(S(=O)(=O)NCC2(C)CCC2)c1. The molecule has 0 spiro atoms. The van der Waals surface area contributed by atoms with Crippen molar-refractivity contribution in [1.82, 2.24) is 4.72 Å². The summed E-state index contributed by atoms with van der Waals surface area (Å²) in [5, 5.41) is 0. The van der Waals surface area contributed by atoms with Gasteiger partial charge in [-0.05, 0) is 55.4 Å². The Morgan fingerprint density at radius 2 is 1.95 bits per heavy atom. The quantitative estimate of drug-likeness (QED) is 0.833. The lowest BCUT2D eigenvalue weighted by molar-refractivity contribution is 0.166. The Morgan fingerprint density at radius 3 is 2.47 bits per heavy atom. The average Bonchev–Trinajstić information content (AvgIpc) is 2.28. The third kappa shape index (κ3) is 2.92. The van der Waals surface area contributed by atoms with Gasteiger partial charge in [-0.1, -0.05) is 13.3 Å². The molecule has 0 saturated heterocycles. The highest BCUT2D eigenvalue weighted by Crippen LogP contribution is 2.39. The predicted molar refractivity (Wildman–Crippen MR) is 77.5 cm³/mol. The van der Waals surface area contributed by atoms with Crippen molar-refractivity contribution in [1.29, 1.82) is 0 Å². The van der Waals surface area contributed by atoms with Gasteiger partial charge in [-0.3, -0.25) is 0 Å². The predicted octanol–water partition coefficient (Wildman–Crippen LogP) is 2.35. The van der Waals surface area contributed by atoms with Gasteiger partial charge in [-0.2, -0.15) is 0 Å². The highest BCUT2D eigenvalue weighted by molar-refractivity contribution is 7.89. The molecule has 0 heterocycles. The van der Waals surface area contributed by atoms with Gasteiger partial charge in [0, 0.05) is 12.2 Å². The minimum atomic E-state index is -3.48. The van der Waals surface area contributed by atoms with E-state index in [-0.39, 0.29) is 5.41 Å². The molecule has 19 heavy (non-hydrogen) atoms. The molecule has 1 aliphatic carbocycles. The molecule has 0 radical (unpaired) electrons. The molecule has 0 amide bonds. The molecule has 0 atom stereocenters. The van der Waals surface area contributed by atoms with Crippen molar-refractivity contribution < 1.29 is 8.42 Å². The van der Waals surface area contributed by atoms with Crippen LogP contribution in [0, 0.1) is 19.3 Å². The highest BCUT2D eigenvalue weighted by atomic mass is 32.2. The van der Waals surface area contributed by atoms with E-state index in [1.165, 1.54) is 6.42 Å². The van der Waals surface area contributed by atoms with Gasteiger partial charge in [-0.15, -0.1) is 0 Å². The number of aryl methyl sites for hydroxylation is 1. The Kier molecular flexibility index (Phi) is 3.62. The smallest absolute Gasteiger partial charge is 0.240 e. The molecule has 1 aromatic rings. The summed E-state index contributed by atoms with van der Waals surface area (Å²) < 4.78 is 27.5. The second kappa shape index (κ2) is 4.80. The fourth-order valence-electron chi connectivity index (χ4n) is 2.44. The van der Waals surface area contributed by atoms with Crippen molar-refractivity contribution in [3.05, 3.63) is 23.3 Å². The summed E-state index contributed by atoms with van der Waals surface area (Å²) in [5.41, 5.74) is 7.97. The number of nitrogens with one attached hydrogen (secondary N) is 1. The van der Waals surface area contributed by atoms with Gasteiger partial charge < -0.3 is 5.73 Å². The van der Waals surface area contributed by atoms with Crippen LogP contribution in [0.25, 0.3) is 0 Å². The van der Waals surface area contributed by atoms with Gasteiger partial charge in [0.25, 0.3) is 0 Å². The number of rotatable bonds is 4. The van der Waals surface area contributed by atoms with Crippen molar-refractivity contribution in [3.8, 4) is 0 Å². The Balaban J connectivity index is 2.24. The number of anilines is 1. The fourth-order valence-corrected chi connectivity index (χ4v) is 3.99. The third-order valence-corrected chi connectivity index (χ3v) is 5.61. The zero-order valence-corrected chi connectivity index (χ0v) is 12.6. The van der Waals surface area contributed by atoms with E-state index >= 15 is 0 Å². The summed E-state index contributed by atoms with van der Waals surface area (Å²) in [4.78, 5) is 0.299. The van der Waals surface area contributed by atoms with Crippen LogP contribution in [0.5, 0.6) is 0 Å². The zero-order chi connectivity index (χ0) is 14.3. The van der Waals surface area contributed by atoms with Gasteiger partial charge >= 0.3 is 0 Å². The van der Waals surface area contributed by atoms with Crippen LogP contribution in [-0.4, -0.2) is 15.0 Å². The molecule has 1 aromatic carbocycles. The molecular formula is C14H22N2O2S. The van der Waals surface area contributed by atoms with Crippen molar-refractivity contribution >= 4 is 15.7 Å². The number of hydrogen-bond acceptors (Lipinski definition) is 3. The monoisotopic (exact) mass is 282 g/mol. The summed E-state index contributed by atoms with van der Waals surface area (Å²) >= 11 is 0. The van der Waals surface area contributed by atoms with E-state index in [1.807, 2.05) is 6.92 Å². The second-order valence-corrected chi connectivity index (χ2v) is 7.70. The van der Waals surface area contributed by atoms with Crippen molar-refractivity contribution in [2.45, 2.75) is 44.9 Å². The molecule has 2 rings (SSSR count). The number of nitrogen functional groups attached to an aromatic ring is 1. The van der Waals surface area contributed by atoms with Gasteiger partial charge in [0.05, 0.1) is 4.90 Å². The van der Waals surface area contributed by atoms with Crippen LogP contribution in [0.1, 0.15) is 37.3 Å². The molecule has 0 aliphatic heterocycles. The topological polar surface area (TPSA) is 72.2 Å². The van der Waals surface area contributed by atoms with Crippen molar-refractivity contribution in [3.63, 3.8) is 0 Å². The van der Waals surface area contributed by atoms with E-state index in [0.29, 0.717) is 22.7 Å². The summed E-state index contributed by atoms with van der Waals surface area (Å²) in [7, 11) is -3.48. The van der Waals surface area contributed by atoms with Crippen LogP contribution in [0.3, 0.4) is 0 Å². The van der Waals surface area contributed by atoms with E-state index in [4.69, 9.17) is 5.73 Å². The molecule has 1 aliphatic rings. The summed E-state index contributed by atoms with van der Waals surface area (Å²) in [6.45, 7) is 6.22. The van der Waals surface area contributed by atoms with E-state index < -0.39 is 10.0 Å². The minimum absolute atomic E-state index is 0.121. The van der Waals surface area contributed by atoms with Gasteiger partial charge in [-0.25, -0.2) is 13.1 Å². The maximum atomic E-state index is 12.4. The zero-order valence-electron chi connectivity index (χ0n) is 11.8. The minimum Gasteiger partial charge on any atom is -0.398 e. The van der Waals surface area contributed by atoms with Crippen LogP contribution in [0.4, 0.5) is 5.69 Å². The largest absolute Gasteiger partial charge is 0.398 e. The maximum absolute atomic E-state index is 12.4. The lowest BCUT2D eigenvalue weighted by Crippen LogP contribution is -2.40. The molecule has 1 saturated carbocycles. The lowest BCUT2D eigenvalue weighted by atomic mass is 9.71. The summed E-state index contributed by atoms with van der Waals surface area (Å²) in [6, 6.07) is 3.47. The third-order valence-electron chi connectivity index (χ3n) is 4.08. The van der Waals surface area contributed by atoms with Crippen LogP contribution in [0.2, 0.25) is 0 Å². The fraction of sp³-hybridized carbons (Fsp3) is 0.571. The molecule has 0 aromatic heterocycles. The standard InChI is InChI=1S/C14H22N2O2S/c1-10-7-12(15)11(2)13(8-10)19(17,18)16-9-14(3)5-4-6-14/h7-8,16H,4-6,9,15H2,1-3H3. The molecule has 5 heteroatoms. The van der Waals surface area contributed by atoms with Crippen LogP contribution < -0.4 is 10.5 Å². The summed E-state index contributed by atoms with van der Waals surface area (Å²) in [5.74, 6) is 0. The molecule has 3 N–H and O–H groups in total. The van der Waals surface area contributed by atoms with Gasteiger partial charge in [0.15, 0.2) is 0 Å². The van der Waals surface area contributed by atoms with Crippen LogP contribution >= 0.6 is 0 Å². The summed E-state index contributed by atoms with van der Waals surface area (Å²) in [6.07, 6.45) is 3.36.